The standard InChI is InChI=1S/C8H16N4S/c1-3-12-7(2)10-11-8(12)13-6-4-5-9/h3-6,9H2,1-2H3. The molecule has 0 aromatic carbocycles. The van der Waals surface area contributed by atoms with E-state index in [0.717, 1.165) is 36.2 Å². The highest BCUT2D eigenvalue weighted by Crippen LogP contribution is 2.16. The molecule has 0 saturated carbocycles. The van der Waals surface area contributed by atoms with E-state index in [2.05, 4.69) is 21.7 Å². The van der Waals surface area contributed by atoms with E-state index in [0.29, 0.717) is 0 Å². The van der Waals surface area contributed by atoms with Crippen LogP contribution in [0, 0.1) is 6.92 Å². The largest absolute Gasteiger partial charge is 0.330 e. The molecule has 0 spiro atoms. The van der Waals surface area contributed by atoms with Gasteiger partial charge in [-0.15, -0.1) is 10.2 Å². The van der Waals surface area contributed by atoms with Crippen LogP contribution in [0.5, 0.6) is 0 Å². The molecule has 0 radical (unpaired) electrons. The number of nitrogens with two attached hydrogens (primary N) is 1. The van der Waals surface area contributed by atoms with Crippen LogP contribution in [-0.4, -0.2) is 27.1 Å². The van der Waals surface area contributed by atoms with Gasteiger partial charge in [0.2, 0.25) is 0 Å². The van der Waals surface area contributed by atoms with Gasteiger partial charge in [-0.25, -0.2) is 0 Å². The van der Waals surface area contributed by atoms with Crippen LogP contribution in [0.2, 0.25) is 0 Å². The molecule has 5 heteroatoms. The van der Waals surface area contributed by atoms with Crippen LogP contribution < -0.4 is 5.73 Å². The fourth-order valence-electron chi connectivity index (χ4n) is 1.08. The lowest BCUT2D eigenvalue weighted by Gasteiger charge is -2.03. The molecule has 74 valence electrons. The van der Waals surface area contributed by atoms with Crippen molar-refractivity contribution in [2.45, 2.75) is 32.0 Å². The molecule has 1 rings (SSSR count). The second-order valence-corrected chi connectivity index (χ2v) is 3.83. The van der Waals surface area contributed by atoms with Crippen LogP contribution >= 0.6 is 11.8 Å². The molecule has 0 amide bonds. The summed E-state index contributed by atoms with van der Waals surface area (Å²) in [6.45, 7) is 5.75. The van der Waals surface area contributed by atoms with Gasteiger partial charge in [-0.3, -0.25) is 0 Å². The Morgan fingerprint density at radius 3 is 2.85 bits per heavy atom. The van der Waals surface area contributed by atoms with Gasteiger partial charge in [0.15, 0.2) is 5.16 Å². The molecule has 4 nitrogen and oxygen atoms in total. The molecule has 0 saturated heterocycles. The van der Waals surface area contributed by atoms with Crippen molar-refractivity contribution >= 4 is 11.8 Å². The predicted octanol–water partition coefficient (Wildman–Crippen LogP) is 1.05. The molecule has 0 fully saturated rings. The second kappa shape index (κ2) is 5.24. The molecule has 1 aromatic heterocycles. The van der Waals surface area contributed by atoms with Crippen LogP contribution in [0.25, 0.3) is 0 Å². The van der Waals surface area contributed by atoms with Crippen LogP contribution in [0.1, 0.15) is 19.2 Å². The molecular formula is C8H16N4S. The summed E-state index contributed by atoms with van der Waals surface area (Å²) in [7, 11) is 0. The Labute approximate surface area is 82.9 Å². The summed E-state index contributed by atoms with van der Waals surface area (Å²) >= 11 is 1.73. The molecule has 0 aliphatic heterocycles. The Morgan fingerprint density at radius 2 is 2.23 bits per heavy atom. The van der Waals surface area contributed by atoms with Crippen molar-refractivity contribution in [3.05, 3.63) is 5.82 Å². The molecule has 1 heterocycles. The third-order valence-electron chi connectivity index (χ3n) is 1.80. The minimum atomic E-state index is 0.742. The quantitative estimate of drug-likeness (QED) is 0.570. The van der Waals surface area contributed by atoms with E-state index < -0.39 is 0 Å². The molecule has 0 aliphatic rings. The maximum absolute atomic E-state index is 5.41. The fraction of sp³-hybridized carbons (Fsp3) is 0.750. The number of aromatic nitrogens is 3. The smallest absolute Gasteiger partial charge is 0.191 e. The van der Waals surface area contributed by atoms with Gasteiger partial charge in [0.1, 0.15) is 5.82 Å². The number of hydrogen-bond donors (Lipinski definition) is 1. The Hall–Kier alpha value is -0.550. The van der Waals surface area contributed by atoms with Crippen LogP contribution in [0.4, 0.5) is 0 Å². The number of thioether (sulfide) groups is 1. The number of hydrogen-bond acceptors (Lipinski definition) is 4. The first-order valence-electron chi connectivity index (χ1n) is 4.52. The van der Waals surface area contributed by atoms with E-state index in [-0.39, 0.29) is 0 Å². The summed E-state index contributed by atoms with van der Waals surface area (Å²) in [5.41, 5.74) is 5.41. The van der Waals surface area contributed by atoms with E-state index in [4.69, 9.17) is 5.73 Å². The summed E-state index contributed by atoms with van der Waals surface area (Å²) < 4.78 is 2.11. The Bertz CT molecular complexity index is 259. The summed E-state index contributed by atoms with van der Waals surface area (Å²) in [6.07, 6.45) is 1.03. The van der Waals surface area contributed by atoms with Gasteiger partial charge in [0.05, 0.1) is 0 Å². The molecule has 0 unspecified atom stereocenters. The molecule has 2 N–H and O–H groups in total. The minimum Gasteiger partial charge on any atom is -0.330 e. The lowest BCUT2D eigenvalue weighted by atomic mass is 10.5. The molecule has 0 aliphatic carbocycles. The maximum Gasteiger partial charge on any atom is 0.191 e. The average molecular weight is 200 g/mol. The molecule has 0 atom stereocenters. The fourth-order valence-corrected chi connectivity index (χ4v) is 2.09. The van der Waals surface area contributed by atoms with Gasteiger partial charge >= 0.3 is 0 Å². The molecule has 13 heavy (non-hydrogen) atoms. The summed E-state index contributed by atoms with van der Waals surface area (Å²) in [5, 5.41) is 9.13. The Kier molecular flexibility index (Phi) is 4.24. The third kappa shape index (κ3) is 2.70. The van der Waals surface area contributed by atoms with E-state index in [9.17, 15) is 0 Å². The first kappa shape index (κ1) is 10.5. The topological polar surface area (TPSA) is 56.7 Å². The van der Waals surface area contributed by atoms with Gasteiger partial charge < -0.3 is 10.3 Å². The first-order valence-corrected chi connectivity index (χ1v) is 5.50. The summed E-state index contributed by atoms with van der Waals surface area (Å²) in [6, 6.07) is 0. The predicted molar refractivity (Wildman–Crippen MR) is 54.8 cm³/mol. The minimum absolute atomic E-state index is 0.742. The Morgan fingerprint density at radius 1 is 1.46 bits per heavy atom. The van der Waals surface area contributed by atoms with Gasteiger partial charge in [-0.2, -0.15) is 0 Å². The zero-order valence-electron chi connectivity index (χ0n) is 8.16. The van der Waals surface area contributed by atoms with E-state index in [1.165, 1.54) is 0 Å². The van der Waals surface area contributed by atoms with E-state index >= 15 is 0 Å². The van der Waals surface area contributed by atoms with Crippen molar-refractivity contribution in [3.63, 3.8) is 0 Å². The average Bonchev–Trinajstić information content (AvgIpc) is 2.47. The highest BCUT2D eigenvalue weighted by atomic mass is 32.2. The summed E-state index contributed by atoms with van der Waals surface area (Å²) in [5.74, 6) is 2.01. The zero-order chi connectivity index (χ0) is 9.68. The van der Waals surface area contributed by atoms with Crippen molar-refractivity contribution in [2.75, 3.05) is 12.3 Å². The number of aryl methyl sites for hydroxylation is 1. The summed E-state index contributed by atoms with van der Waals surface area (Å²) in [4.78, 5) is 0. The van der Waals surface area contributed by atoms with Crippen molar-refractivity contribution in [1.82, 2.24) is 14.8 Å². The Balaban J connectivity index is 2.55. The number of rotatable bonds is 5. The lowest BCUT2D eigenvalue weighted by Crippen LogP contribution is -2.02. The third-order valence-corrected chi connectivity index (χ3v) is 2.85. The SMILES string of the molecule is CCn1c(C)nnc1SCCCN. The normalized spacial score (nSPS) is 10.7. The highest BCUT2D eigenvalue weighted by Gasteiger charge is 2.06. The van der Waals surface area contributed by atoms with Gasteiger partial charge in [-0.1, -0.05) is 11.8 Å². The van der Waals surface area contributed by atoms with Crippen LogP contribution in [-0.2, 0) is 6.54 Å². The van der Waals surface area contributed by atoms with E-state index in [1.54, 1.807) is 11.8 Å². The zero-order valence-corrected chi connectivity index (χ0v) is 8.97. The van der Waals surface area contributed by atoms with Crippen molar-refractivity contribution in [1.29, 1.82) is 0 Å². The monoisotopic (exact) mass is 200 g/mol. The van der Waals surface area contributed by atoms with Crippen LogP contribution in [0.15, 0.2) is 5.16 Å². The van der Waals surface area contributed by atoms with E-state index in [1.807, 2.05) is 6.92 Å². The maximum atomic E-state index is 5.41. The first-order chi connectivity index (χ1) is 6.29. The molecule has 1 aromatic rings. The van der Waals surface area contributed by atoms with Crippen molar-refractivity contribution in [3.8, 4) is 0 Å². The van der Waals surface area contributed by atoms with Gasteiger partial charge in [-0.05, 0) is 26.8 Å². The highest BCUT2D eigenvalue weighted by molar-refractivity contribution is 7.99. The molecule has 0 bridgehead atoms. The van der Waals surface area contributed by atoms with Crippen LogP contribution in [0.3, 0.4) is 0 Å². The van der Waals surface area contributed by atoms with Crippen molar-refractivity contribution < 1.29 is 0 Å². The van der Waals surface area contributed by atoms with Gasteiger partial charge in [0, 0.05) is 12.3 Å². The van der Waals surface area contributed by atoms with Gasteiger partial charge in [0.25, 0.3) is 0 Å². The second-order valence-electron chi connectivity index (χ2n) is 2.76. The lowest BCUT2D eigenvalue weighted by molar-refractivity contribution is 0.661. The molecular weight excluding hydrogens is 184 g/mol. The number of nitrogens with zero attached hydrogens (tertiary/aromatic N) is 3. The van der Waals surface area contributed by atoms with Crippen molar-refractivity contribution in [2.24, 2.45) is 5.73 Å².